The molecule has 1 saturated carbocycles. The van der Waals surface area contributed by atoms with Crippen LogP contribution in [0.2, 0.25) is 0 Å². The second-order valence-corrected chi connectivity index (χ2v) is 6.75. The van der Waals surface area contributed by atoms with E-state index in [1.54, 1.807) is 11.3 Å². The third-order valence-corrected chi connectivity index (χ3v) is 5.53. The number of fused-ring (bicyclic) bond motifs is 1. The van der Waals surface area contributed by atoms with E-state index in [4.69, 9.17) is 0 Å². The van der Waals surface area contributed by atoms with E-state index >= 15 is 0 Å². The predicted octanol–water partition coefficient (Wildman–Crippen LogP) is 3.90. The van der Waals surface area contributed by atoms with Gasteiger partial charge in [-0.25, -0.2) is 4.98 Å². The van der Waals surface area contributed by atoms with Crippen molar-refractivity contribution >= 4 is 33.3 Å². The molecule has 0 saturated heterocycles. The third-order valence-electron chi connectivity index (χ3n) is 4.35. The number of aromatic nitrogens is 2. The molecule has 4 nitrogen and oxygen atoms in total. The standard InChI is InChI=1S/C15H22N4S/c1-4-10-8-11-12(17-9-15(5-2)6-7-15)18-14(16-3)19-13(11)20-10/h8H,4-7,9H2,1-3H3,(H2,16,17,18,19). The normalized spacial score (nSPS) is 16.4. The first kappa shape index (κ1) is 13.6. The average Bonchev–Trinajstić information content (AvgIpc) is 3.14. The summed E-state index contributed by atoms with van der Waals surface area (Å²) in [5, 5.41) is 7.79. The summed E-state index contributed by atoms with van der Waals surface area (Å²) >= 11 is 1.76. The second kappa shape index (κ2) is 5.20. The fourth-order valence-corrected chi connectivity index (χ4v) is 3.46. The van der Waals surface area contributed by atoms with Crippen LogP contribution in [-0.4, -0.2) is 23.6 Å². The fourth-order valence-electron chi connectivity index (χ4n) is 2.50. The van der Waals surface area contributed by atoms with Crippen LogP contribution in [0, 0.1) is 5.41 Å². The molecule has 0 radical (unpaired) electrons. The van der Waals surface area contributed by atoms with Gasteiger partial charge in [-0.3, -0.25) is 0 Å². The molecule has 2 aromatic heterocycles. The largest absolute Gasteiger partial charge is 0.369 e. The van der Waals surface area contributed by atoms with Gasteiger partial charge in [-0.2, -0.15) is 4.98 Å². The van der Waals surface area contributed by atoms with Gasteiger partial charge < -0.3 is 10.6 Å². The minimum absolute atomic E-state index is 0.515. The van der Waals surface area contributed by atoms with E-state index in [-0.39, 0.29) is 0 Å². The third kappa shape index (κ3) is 2.46. The lowest BCUT2D eigenvalue weighted by Gasteiger charge is -2.14. The molecule has 5 heteroatoms. The van der Waals surface area contributed by atoms with Crippen LogP contribution in [0.15, 0.2) is 6.07 Å². The summed E-state index contributed by atoms with van der Waals surface area (Å²) in [6, 6.07) is 2.23. The lowest BCUT2D eigenvalue weighted by atomic mass is 10.0. The minimum atomic E-state index is 0.515. The lowest BCUT2D eigenvalue weighted by Crippen LogP contribution is -2.15. The molecule has 0 unspecified atom stereocenters. The molecular weight excluding hydrogens is 268 g/mol. The Morgan fingerprint density at radius 3 is 2.70 bits per heavy atom. The number of nitrogens with zero attached hydrogens (tertiary/aromatic N) is 2. The molecule has 2 N–H and O–H groups in total. The summed E-state index contributed by atoms with van der Waals surface area (Å²) in [6.07, 6.45) is 4.98. The molecule has 2 aromatic rings. The van der Waals surface area contributed by atoms with Gasteiger partial charge in [0, 0.05) is 18.5 Å². The Labute approximate surface area is 124 Å². The van der Waals surface area contributed by atoms with Gasteiger partial charge in [0.05, 0.1) is 5.39 Å². The lowest BCUT2D eigenvalue weighted by molar-refractivity contribution is 0.521. The van der Waals surface area contributed by atoms with Gasteiger partial charge in [-0.05, 0) is 37.2 Å². The number of rotatable bonds is 6. The van der Waals surface area contributed by atoms with Crippen LogP contribution in [0.1, 0.15) is 38.0 Å². The highest BCUT2D eigenvalue weighted by atomic mass is 32.1. The quantitative estimate of drug-likeness (QED) is 0.847. The first-order valence-electron chi connectivity index (χ1n) is 7.42. The molecule has 1 aliphatic rings. The van der Waals surface area contributed by atoms with Crippen LogP contribution in [0.5, 0.6) is 0 Å². The van der Waals surface area contributed by atoms with E-state index in [0.717, 1.165) is 29.0 Å². The summed E-state index contributed by atoms with van der Waals surface area (Å²) in [4.78, 5) is 11.6. The molecule has 0 amide bonds. The van der Waals surface area contributed by atoms with Crippen molar-refractivity contribution < 1.29 is 0 Å². The van der Waals surface area contributed by atoms with E-state index < -0.39 is 0 Å². The van der Waals surface area contributed by atoms with Crippen molar-refractivity contribution in [1.82, 2.24) is 9.97 Å². The van der Waals surface area contributed by atoms with Crippen molar-refractivity contribution in [3.63, 3.8) is 0 Å². The first-order valence-corrected chi connectivity index (χ1v) is 8.23. The Morgan fingerprint density at radius 2 is 2.10 bits per heavy atom. The van der Waals surface area contributed by atoms with E-state index in [0.29, 0.717) is 11.4 Å². The molecule has 3 rings (SSSR count). The molecule has 1 fully saturated rings. The Hall–Kier alpha value is -1.36. The minimum Gasteiger partial charge on any atom is -0.369 e. The number of thiophene rings is 1. The van der Waals surface area contributed by atoms with Gasteiger partial charge in [-0.1, -0.05) is 13.8 Å². The molecular formula is C15H22N4S. The number of aryl methyl sites for hydroxylation is 1. The van der Waals surface area contributed by atoms with Crippen molar-refractivity contribution in [2.24, 2.45) is 5.41 Å². The molecule has 2 heterocycles. The number of hydrogen-bond donors (Lipinski definition) is 2. The maximum Gasteiger partial charge on any atom is 0.225 e. The van der Waals surface area contributed by atoms with Gasteiger partial charge in [0.1, 0.15) is 10.6 Å². The summed E-state index contributed by atoms with van der Waals surface area (Å²) in [7, 11) is 1.87. The van der Waals surface area contributed by atoms with E-state index in [2.05, 4.69) is 40.5 Å². The van der Waals surface area contributed by atoms with Crippen LogP contribution < -0.4 is 10.6 Å². The maximum atomic E-state index is 4.61. The second-order valence-electron chi connectivity index (χ2n) is 5.64. The van der Waals surface area contributed by atoms with Crippen LogP contribution in [-0.2, 0) is 6.42 Å². The number of anilines is 2. The molecule has 0 atom stereocenters. The monoisotopic (exact) mass is 290 g/mol. The van der Waals surface area contributed by atoms with E-state index in [9.17, 15) is 0 Å². The Bertz CT molecular complexity index is 616. The highest BCUT2D eigenvalue weighted by molar-refractivity contribution is 7.18. The summed E-state index contributed by atoms with van der Waals surface area (Å²) < 4.78 is 0. The summed E-state index contributed by atoms with van der Waals surface area (Å²) in [5.41, 5.74) is 0.515. The maximum absolute atomic E-state index is 4.61. The smallest absolute Gasteiger partial charge is 0.225 e. The van der Waals surface area contributed by atoms with Crippen molar-refractivity contribution in [3.8, 4) is 0 Å². The highest BCUT2D eigenvalue weighted by Gasteiger charge is 2.40. The molecule has 0 aromatic carbocycles. The van der Waals surface area contributed by atoms with E-state index in [1.165, 1.54) is 24.1 Å². The zero-order valence-electron chi connectivity index (χ0n) is 12.4. The molecule has 20 heavy (non-hydrogen) atoms. The summed E-state index contributed by atoms with van der Waals surface area (Å²) in [6.45, 7) is 5.49. The van der Waals surface area contributed by atoms with Gasteiger partial charge in [0.15, 0.2) is 0 Å². The van der Waals surface area contributed by atoms with Gasteiger partial charge in [-0.15, -0.1) is 11.3 Å². The number of nitrogens with one attached hydrogen (secondary N) is 2. The molecule has 0 aliphatic heterocycles. The van der Waals surface area contributed by atoms with Crippen molar-refractivity contribution in [2.45, 2.75) is 39.5 Å². The van der Waals surface area contributed by atoms with Crippen LogP contribution >= 0.6 is 11.3 Å². The fraction of sp³-hybridized carbons (Fsp3) is 0.600. The predicted molar refractivity (Wildman–Crippen MR) is 86.8 cm³/mol. The van der Waals surface area contributed by atoms with Crippen LogP contribution in [0.25, 0.3) is 10.2 Å². The average molecular weight is 290 g/mol. The van der Waals surface area contributed by atoms with Crippen LogP contribution in [0.3, 0.4) is 0 Å². The van der Waals surface area contributed by atoms with Gasteiger partial charge >= 0.3 is 0 Å². The van der Waals surface area contributed by atoms with Crippen molar-refractivity contribution in [2.75, 3.05) is 24.2 Å². The van der Waals surface area contributed by atoms with Crippen molar-refractivity contribution in [1.29, 1.82) is 0 Å². The molecule has 0 spiro atoms. The van der Waals surface area contributed by atoms with Gasteiger partial charge in [0.2, 0.25) is 5.95 Å². The highest BCUT2D eigenvalue weighted by Crippen LogP contribution is 2.48. The summed E-state index contributed by atoms with van der Waals surface area (Å²) in [5.74, 6) is 1.68. The zero-order chi connectivity index (χ0) is 14.2. The Morgan fingerprint density at radius 1 is 1.30 bits per heavy atom. The Balaban J connectivity index is 1.92. The Kier molecular flexibility index (Phi) is 3.54. The molecule has 1 aliphatic carbocycles. The van der Waals surface area contributed by atoms with Crippen molar-refractivity contribution in [3.05, 3.63) is 10.9 Å². The zero-order valence-corrected chi connectivity index (χ0v) is 13.2. The van der Waals surface area contributed by atoms with Crippen LogP contribution in [0.4, 0.5) is 11.8 Å². The molecule has 0 bridgehead atoms. The SMILES string of the molecule is CCc1cc2c(NCC3(CC)CC3)nc(NC)nc2s1. The first-order chi connectivity index (χ1) is 9.69. The molecule has 108 valence electrons. The van der Waals surface area contributed by atoms with E-state index in [1.807, 2.05) is 7.05 Å². The number of hydrogen-bond acceptors (Lipinski definition) is 5. The topological polar surface area (TPSA) is 49.8 Å². The van der Waals surface area contributed by atoms with Gasteiger partial charge in [0.25, 0.3) is 0 Å².